The van der Waals surface area contributed by atoms with Crippen LogP contribution in [-0.4, -0.2) is 29.1 Å². The third-order valence-electron chi connectivity index (χ3n) is 4.86. The van der Waals surface area contributed by atoms with Crippen LogP contribution < -0.4 is 9.46 Å². The highest BCUT2D eigenvalue weighted by molar-refractivity contribution is 7.99. The first-order chi connectivity index (χ1) is 16.4. The van der Waals surface area contributed by atoms with Crippen LogP contribution in [-0.2, 0) is 16.6 Å². The molecule has 0 aliphatic rings. The van der Waals surface area contributed by atoms with E-state index in [1.807, 2.05) is 37.3 Å². The first kappa shape index (κ1) is 23.7. The number of thioether (sulfide) groups is 1. The number of hydrogen-bond acceptors (Lipinski definition) is 7. The number of ether oxygens (including phenoxy) is 1. The fourth-order valence-electron chi connectivity index (χ4n) is 3.11. The summed E-state index contributed by atoms with van der Waals surface area (Å²) < 4.78 is 34.3. The van der Waals surface area contributed by atoms with Gasteiger partial charge in [0.15, 0.2) is 0 Å². The highest BCUT2D eigenvalue weighted by Gasteiger charge is 2.20. The summed E-state index contributed by atoms with van der Waals surface area (Å²) in [5.74, 6) is 1.09. The van der Waals surface area contributed by atoms with E-state index < -0.39 is 10.0 Å². The first-order valence-electron chi connectivity index (χ1n) is 10.7. The standard InChI is InChI=1S/C25H24N4O3S2/c1-3-33-21-10-8-20(9-11-21)23-16-27-24(25(28-23)32-17-19-5-4-14-26-15-19)29-34(30,31)22-12-6-18(2)7-13-22/h4-16H,3,17H2,1-2H3,(H,27,29). The van der Waals surface area contributed by atoms with Crippen molar-refractivity contribution in [2.75, 3.05) is 10.5 Å². The minimum atomic E-state index is -3.87. The van der Waals surface area contributed by atoms with Gasteiger partial charge < -0.3 is 4.74 Å². The highest BCUT2D eigenvalue weighted by atomic mass is 32.2. The number of aryl methyl sites for hydroxylation is 1. The van der Waals surface area contributed by atoms with E-state index in [1.54, 1.807) is 54.5 Å². The number of anilines is 1. The third kappa shape index (κ3) is 5.92. The zero-order valence-electron chi connectivity index (χ0n) is 18.8. The highest BCUT2D eigenvalue weighted by Crippen LogP contribution is 2.29. The van der Waals surface area contributed by atoms with Gasteiger partial charge in [0.1, 0.15) is 6.61 Å². The molecular formula is C25H24N4O3S2. The quantitative estimate of drug-likeness (QED) is 0.315. The SMILES string of the molecule is CCSc1ccc(-c2cnc(NS(=O)(=O)c3ccc(C)cc3)c(OCc3cccnc3)n2)cc1. The van der Waals surface area contributed by atoms with E-state index in [0.717, 1.165) is 27.3 Å². The maximum atomic E-state index is 12.9. The Bertz CT molecular complexity index is 1350. The van der Waals surface area contributed by atoms with Gasteiger partial charge in [0.05, 0.1) is 16.8 Å². The van der Waals surface area contributed by atoms with Crippen LogP contribution >= 0.6 is 11.8 Å². The van der Waals surface area contributed by atoms with Gasteiger partial charge in [-0.25, -0.2) is 18.4 Å². The van der Waals surface area contributed by atoms with Crippen molar-refractivity contribution < 1.29 is 13.2 Å². The van der Waals surface area contributed by atoms with Crippen LogP contribution in [0, 0.1) is 6.92 Å². The van der Waals surface area contributed by atoms with Crippen molar-refractivity contribution >= 4 is 27.6 Å². The second-order valence-corrected chi connectivity index (χ2v) is 10.5. The smallest absolute Gasteiger partial charge is 0.263 e. The molecule has 0 aliphatic carbocycles. The van der Waals surface area contributed by atoms with E-state index in [-0.39, 0.29) is 23.2 Å². The summed E-state index contributed by atoms with van der Waals surface area (Å²) in [5, 5.41) is 0. The normalized spacial score (nSPS) is 11.2. The second kappa shape index (κ2) is 10.7. The van der Waals surface area contributed by atoms with E-state index in [9.17, 15) is 8.42 Å². The van der Waals surface area contributed by atoms with Gasteiger partial charge in [-0.1, -0.05) is 42.8 Å². The van der Waals surface area contributed by atoms with Crippen LogP contribution in [0.25, 0.3) is 11.3 Å². The van der Waals surface area contributed by atoms with Crippen molar-refractivity contribution in [3.05, 3.63) is 90.4 Å². The summed E-state index contributed by atoms with van der Waals surface area (Å²) in [7, 11) is -3.87. The van der Waals surface area contributed by atoms with Crippen LogP contribution in [0.4, 0.5) is 5.82 Å². The number of hydrogen-bond donors (Lipinski definition) is 1. The van der Waals surface area contributed by atoms with E-state index in [2.05, 4.69) is 26.6 Å². The predicted octanol–water partition coefficient (Wildman–Crippen LogP) is 5.34. The van der Waals surface area contributed by atoms with Gasteiger partial charge in [-0.3, -0.25) is 9.71 Å². The zero-order chi connectivity index (χ0) is 24.0. The lowest BCUT2D eigenvalue weighted by atomic mass is 10.2. The molecule has 7 nitrogen and oxygen atoms in total. The topological polar surface area (TPSA) is 94.1 Å². The molecule has 9 heteroatoms. The Balaban J connectivity index is 1.66. The number of aromatic nitrogens is 3. The third-order valence-corrected chi connectivity index (χ3v) is 7.11. The van der Waals surface area contributed by atoms with Gasteiger partial charge in [0, 0.05) is 28.4 Å². The molecule has 34 heavy (non-hydrogen) atoms. The van der Waals surface area contributed by atoms with Crippen LogP contribution in [0.2, 0.25) is 0 Å². The monoisotopic (exact) mass is 492 g/mol. The molecule has 0 radical (unpaired) electrons. The van der Waals surface area contributed by atoms with Crippen molar-refractivity contribution in [3.8, 4) is 17.1 Å². The van der Waals surface area contributed by atoms with Crippen LogP contribution in [0.3, 0.4) is 0 Å². The van der Waals surface area contributed by atoms with Crippen LogP contribution in [0.1, 0.15) is 18.1 Å². The molecule has 0 saturated carbocycles. The molecule has 0 unspecified atom stereocenters. The summed E-state index contributed by atoms with van der Waals surface area (Å²) >= 11 is 1.75. The summed E-state index contributed by atoms with van der Waals surface area (Å²) in [6.07, 6.45) is 4.88. The lowest BCUT2D eigenvalue weighted by Crippen LogP contribution is -2.15. The average Bonchev–Trinajstić information content (AvgIpc) is 2.85. The molecular weight excluding hydrogens is 468 g/mol. The number of sulfonamides is 1. The molecule has 1 N–H and O–H groups in total. The molecule has 0 atom stereocenters. The zero-order valence-corrected chi connectivity index (χ0v) is 20.4. The molecule has 0 spiro atoms. The van der Waals surface area contributed by atoms with Gasteiger partial charge in [-0.05, 0) is 43.0 Å². The molecule has 4 aromatic rings. The molecule has 2 aromatic heterocycles. The molecule has 0 fully saturated rings. The van der Waals surface area contributed by atoms with Gasteiger partial charge in [-0.15, -0.1) is 11.8 Å². The van der Waals surface area contributed by atoms with Crippen molar-refractivity contribution in [2.45, 2.75) is 30.2 Å². The number of rotatable bonds is 9. The summed E-state index contributed by atoms with van der Waals surface area (Å²) in [4.78, 5) is 14.3. The van der Waals surface area contributed by atoms with Gasteiger partial charge in [0.25, 0.3) is 15.9 Å². The van der Waals surface area contributed by atoms with Crippen LogP contribution in [0.5, 0.6) is 5.88 Å². The number of benzene rings is 2. The number of nitrogens with one attached hydrogen (secondary N) is 1. The van der Waals surface area contributed by atoms with E-state index in [4.69, 9.17) is 4.74 Å². The molecule has 0 bridgehead atoms. The van der Waals surface area contributed by atoms with E-state index >= 15 is 0 Å². The summed E-state index contributed by atoms with van der Waals surface area (Å²) in [6.45, 7) is 4.16. The summed E-state index contributed by atoms with van der Waals surface area (Å²) in [6, 6.07) is 18.2. The molecule has 2 aromatic carbocycles. The molecule has 0 amide bonds. The van der Waals surface area contributed by atoms with Crippen molar-refractivity contribution in [1.82, 2.24) is 15.0 Å². The van der Waals surface area contributed by atoms with Crippen molar-refractivity contribution in [2.24, 2.45) is 0 Å². The van der Waals surface area contributed by atoms with Crippen molar-refractivity contribution in [1.29, 1.82) is 0 Å². The average molecular weight is 493 g/mol. The van der Waals surface area contributed by atoms with Gasteiger partial charge >= 0.3 is 0 Å². The molecule has 174 valence electrons. The minimum absolute atomic E-state index is 0.0198. The molecule has 4 rings (SSSR count). The Morgan fingerprint density at radius 1 is 1.00 bits per heavy atom. The largest absolute Gasteiger partial charge is 0.470 e. The van der Waals surface area contributed by atoms with E-state index in [1.165, 1.54) is 6.20 Å². The van der Waals surface area contributed by atoms with Crippen LogP contribution in [0.15, 0.2) is 89.0 Å². The Morgan fingerprint density at radius 2 is 1.76 bits per heavy atom. The van der Waals surface area contributed by atoms with E-state index in [0.29, 0.717) is 5.69 Å². The molecule has 0 aliphatic heterocycles. The summed E-state index contributed by atoms with van der Waals surface area (Å²) in [5.41, 5.74) is 3.22. The fourth-order valence-corrected chi connectivity index (χ4v) is 4.78. The fraction of sp³-hybridized carbons (Fsp3) is 0.160. The lowest BCUT2D eigenvalue weighted by molar-refractivity contribution is 0.294. The molecule has 2 heterocycles. The van der Waals surface area contributed by atoms with Gasteiger partial charge in [0.2, 0.25) is 5.82 Å². The predicted molar refractivity (Wildman–Crippen MR) is 134 cm³/mol. The van der Waals surface area contributed by atoms with Crippen molar-refractivity contribution in [3.63, 3.8) is 0 Å². The number of pyridine rings is 1. The molecule has 0 saturated heterocycles. The lowest BCUT2D eigenvalue weighted by Gasteiger charge is -2.13. The second-order valence-electron chi connectivity index (χ2n) is 7.43. The van der Waals surface area contributed by atoms with Gasteiger partial charge in [-0.2, -0.15) is 0 Å². The maximum Gasteiger partial charge on any atom is 0.263 e. The maximum absolute atomic E-state index is 12.9. The minimum Gasteiger partial charge on any atom is -0.470 e. The Kier molecular flexibility index (Phi) is 7.44. The number of nitrogens with zero attached hydrogens (tertiary/aromatic N) is 3. The Hall–Kier alpha value is -3.43. The Morgan fingerprint density at radius 3 is 2.44 bits per heavy atom. The Labute approximate surface area is 203 Å². The first-order valence-corrected chi connectivity index (χ1v) is 13.1.